The molecule has 5 heteroatoms. The van der Waals surface area contributed by atoms with E-state index in [2.05, 4.69) is 10.4 Å². The maximum absolute atomic E-state index is 13.8. The minimum absolute atomic E-state index is 0.0713. The lowest BCUT2D eigenvalue weighted by Crippen LogP contribution is -2.40. The quantitative estimate of drug-likeness (QED) is 0.903. The van der Waals surface area contributed by atoms with E-state index in [0.29, 0.717) is 18.1 Å². The molecule has 0 aromatic carbocycles. The van der Waals surface area contributed by atoms with Crippen molar-refractivity contribution >= 4 is 11.6 Å². The number of alkyl halides is 1. The molecule has 0 saturated heterocycles. The van der Waals surface area contributed by atoms with Crippen LogP contribution in [0.2, 0.25) is 5.15 Å². The monoisotopic (exact) mass is 261 g/mol. The fourth-order valence-corrected chi connectivity index (χ4v) is 1.87. The summed E-state index contributed by atoms with van der Waals surface area (Å²) in [6.07, 6.45) is -0.642. The van der Waals surface area contributed by atoms with Crippen molar-refractivity contribution in [2.45, 2.75) is 45.8 Å². The fraction of sp³-hybridized carbons (Fsp3) is 0.750. The van der Waals surface area contributed by atoms with Crippen LogP contribution in [0.1, 0.15) is 32.0 Å². The van der Waals surface area contributed by atoms with Crippen molar-refractivity contribution in [3.63, 3.8) is 0 Å². The Labute approximate surface area is 107 Å². The summed E-state index contributed by atoms with van der Waals surface area (Å²) in [6, 6.07) is 0. The third kappa shape index (κ3) is 4.28. The molecule has 0 aliphatic rings. The standard InChI is InChI=1S/C12H21ClFN3/c1-8-10(11(13)17(5)16-8)6-9(14)7-15-12(2,3)4/h9,15H,6-7H2,1-5H3. The van der Waals surface area contributed by atoms with Crippen LogP contribution in [0.5, 0.6) is 0 Å². The van der Waals surface area contributed by atoms with Crippen LogP contribution < -0.4 is 5.32 Å². The summed E-state index contributed by atoms with van der Waals surface area (Å²) < 4.78 is 15.4. The van der Waals surface area contributed by atoms with Crippen molar-refractivity contribution in [1.29, 1.82) is 0 Å². The number of nitrogens with one attached hydrogen (secondary N) is 1. The second-order valence-corrected chi connectivity index (χ2v) is 5.77. The molecule has 98 valence electrons. The Balaban J connectivity index is 2.59. The summed E-state index contributed by atoms with van der Waals surface area (Å²) in [4.78, 5) is 0. The lowest BCUT2D eigenvalue weighted by molar-refractivity contribution is 0.284. The lowest BCUT2D eigenvalue weighted by Gasteiger charge is -2.22. The van der Waals surface area contributed by atoms with Crippen molar-refractivity contribution in [3.8, 4) is 0 Å². The molecule has 0 fully saturated rings. The Bertz CT molecular complexity index is 382. The van der Waals surface area contributed by atoms with Gasteiger partial charge in [-0.1, -0.05) is 11.6 Å². The van der Waals surface area contributed by atoms with E-state index in [9.17, 15) is 4.39 Å². The molecular formula is C12H21ClFN3. The van der Waals surface area contributed by atoms with Gasteiger partial charge in [-0.3, -0.25) is 4.68 Å². The van der Waals surface area contributed by atoms with Gasteiger partial charge < -0.3 is 5.32 Å². The van der Waals surface area contributed by atoms with Crippen LogP contribution in [0.15, 0.2) is 0 Å². The van der Waals surface area contributed by atoms with Crippen LogP contribution >= 0.6 is 11.6 Å². The number of hydrogen-bond donors (Lipinski definition) is 1. The van der Waals surface area contributed by atoms with E-state index in [-0.39, 0.29) is 5.54 Å². The van der Waals surface area contributed by atoms with E-state index >= 15 is 0 Å². The van der Waals surface area contributed by atoms with E-state index in [1.807, 2.05) is 27.7 Å². The molecule has 1 rings (SSSR count). The van der Waals surface area contributed by atoms with Crippen LogP contribution in [0.4, 0.5) is 4.39 Å². The minimum Gasteiger partial charge on any atom is -0.309 e. The predicted molar refractivity (Wildman–Crippen MR) is 69.3 cm³/mol. The maximum Gasteiger partial charge on any atom is 0.130 e. The van der Waals surface area contributed by atoms with E-state index in [0.717, 1.165) is 11.3 Å². The summed E-state index contributed by atoms with van der Waals surface area (Å²) in [5.41, 5.74) is 1.53. The van der Waals surface area contributed by atoms with Crippen molar-refractivity contribution in [2.24, 2.45) is 7.05 Å². The number of aryl methyl sites for hydroxylation is 2. The van der Waals surface area contributed by atoms with E-state index in [1.54, 1.807) is 11.7 Å². The molecule has 0 amide bonds. The highest BCUT2D eigenvalue weighted by atomic mass is 35.5. The van der Waals surface area contributed by atoms with Crippen LogP contribution in [0.3, 0.4) is 0 Å². The molecule has 0 radical (unpaired) electrons. The molecule has 3 nitrogen and oxygen atoms in total. The summed E-state index contributed by atoms with van der Waals surface area (Å²) >= 11 is 6.06. The zero-order valence-corrected chi connectivity index (χ0v) is 11.9. The minimum atomic E-state index is -0.949. The normalized spacial score (nSPS) is 14.1. The Kier molecular flexibility index (Phi) is 4.55. The van der Waals surface area contributed by atoms with Gasteiger partial charge in [0.25, 0.3) is 0 Å². The molecule has 17 heavy (non-hydrogen) atoms. The smallest absolute Gasteiger partial charge is 0.130 e. The average Bonchev–Trinajstić information content (AvgIpc) is 2.41. The summed E-state index contributed by atoms with van der Waals surface area (Å²) in [5.74, 6) is 0. The number of halogens is 2. The molecule has 1 aromatic rings. The summed E-state index contributed by atoms with van der Waals surface area (Å²) in [6.45, 7) is 8.23. The lowest BCUT2D eigenvalue weighted by atomic mass is 10.1. The number of hydrogen-bond acceptors (Lipinski definition) is 2. The Morgan fingerprint density at radius 3 is 2.47 bits per heavy atom. The zero-order valence-electron chi connectivity index (χ0n) is 11.1. The zero-order chi connectivity index (χ0) is 13.2. The van der Waals surface area contributed by atoms with Gasteiger partial charge in [-0.2, -0.15) is 5.10 Å². The largest absolute Gasteiger partial charge is 0.309 e. The van der Waals surface area contributed by atoms with Gasteiger partial charge in [0.2, 0.25) is 0 Å². The second-order valence-electron chi connectivity index (χ2n) is 5.41. The van der Waals surface area contributed by atoms with Crippen LogP contribution in [-0.2, 0) is 13.5 Å². The molecule has 1 heterocycles. The molecule has 1 aromatic heterocycles. The topological polar surface area (TPSA) is 29.9 Å². The van der Waals surface area contributed by atoms with Gasteiger partial charge in [-0.25, -0.2) is 4.39 Å². The SMILES string of the molecule is Cc1nn(C)c(Cl)c1CC(F)CNC(C)(C)C. The highest BCUT2D eigenvalue weighted by Gasteiger charge is 2.18. The molecular weight excluding hydrogens is 241 g/mol. The first-order chi connectivity index (χ1) is 7.70. The molecule has 0 bridgehead atoms. The van der Waals surface area contributed by atoms with E-state index in [1.165, 1.54) is 0 Å². The first-order valence-electron chi connectivity index (χ1n) is 5.78. The van der Waals surface area contributed by atoms with Gasteiger partial charge in [0.05, 0.1) is 5.69 Å². The van der Waals surface area contributed by atoms with Gasteiger partial charge in [-0.15, -0.1) is 0 Å². The van der Waals surface area contributed by atoms with Crippen molar-refractivity contribution in [1.82, 2.24) is 15.1 Å². The average molecular weight is 262 g/mol. The summed E-state index contributed by atoms with van der Waals surface area (Å²) in [5, 5.41) is 7.84. The molecule has 1 atom stereocenters. The van der Waals surface area contributed by atoms with Crippen LogP contribution in [0.25, 0.3) is 0 Å². The third-order valence-corrected chi connectivity index (χ3v) is 3.02. The van der Waals surface area contributed by atoms with Gasteiger partial charge in [-0.05, 0) is 27.7 Å². The number of nitrogens with zero attached hydrogens (tertiary/aromatic N) is 2. The first kappa shape index (κ1) is 14.5. The highest BCUT2D eigenvalue weighted by Crippen LogP contribution is 2.21. The number of aromatic nitrogens is 2. The molecule has 0 saturated carbocycles. The van der Waals surface area contributed by atoms with Crippen molar-refractivity contribution < 1.29 is 4.39 Å². The first-order valence-corrected chi connectivity index (χ1v) is 6.15. The van der Waals surface area contributed by atoms with E-state index < -0.39 is 6.17 Å². The molecule has 1 unspecified atom stereocenters. The van der Waals surface area contributed by atoms with Crippen molar-refractivity contribution in [2.75, 3.05) is 6.54 Å². The van der Waals surface area contributed by atoms with Crippen LogP contribution in [0, 0.1) is 6.92 Å². The number of rotatable bonds is 4. The van der Waals surface area contributed by atoms with Gasteiger partial charge in [0, 0.05) is 31.1 Å². The predicted octanol–water partition coefficient (Wildman–Crippen LogP) is 2.65. The van der Waals surface area contributed by atoms with Crippen molar-refractivity contribution in [3.05, 3.63) is 16.4 Å². The molecule has 0 spiro atoms. The highest BCUT2D eigenvalue weighted by molar-refractivity contribution is 6.30. The summed E-state index contributed by atoms with van der Waals surface area (Å²) in [7, 11) is 1.76. The third-order valence-electron chi connectivity index (χ3n) is 2.55. The maximum atomic E-state index is 13.8. The Morgan fingerprint density at radius 2 is 2.06 bits per heavy atom. The second kappa shape index (κ2) is 5.36. The van der Waals surface area contributed by atoms with Gasteiger partial charge in [0.15, 0.2) is 0 Å². The Morgan fingerprint density at radius 1 is 1.47 bits per heavy atom. The molecule has 0 aliphatic heterocycles. The van der Waals surface area contributed by atoms with Gasteiger partial charge >= 0.3 is 0 Å². The fourth-order valence-electron chi connectivity index (χ4n) is 1.62. The molecule has 0 aliphatic carbocycles. The Hall–Kier alpha value is -0.610. The molecule has 1 N–H and O–H groups in total. The van der Waals surface area contributed by atoms with E-state index in [4.69, 9.17) is 11.6 Å². The van der Waals surface area contributed by atoms with Crippen LogP contribution in [-0.4, -0.2) is 28.0 Å². The van der Waals surface area contributed by atoms with Gasteiger partial charge in [0.1, 0.15) is 11.3 Å².